The van der Waals surface area contributed by atoms with Crippen molar-refractivity contribution in [3.05, 3.63) is 66.2 Å². The molecular formula is C23H21F2N3O4. The fourth-order valence-electron chi connectivity index (χ4n) is 3.48. The number of hydrogen-bond donors (Lipinski definition) is 0. The lowest BCUT2D eigenvalue weighted by Crippen LogP contribution is -2.50. The van der Waals surface area contributed by atoms with Gasteiger partial charge in [0, 0.05) is 33.0 Å². The molecule has 1 aliphatic heterocycles. The van der Waals surface area contributed by atoms with Crippen LogP contribution in [-0.4, -0.2) is 48.4 Å². The maximum absolute atomic E-state index is 14.0. The molecule has 0 N–H and O–H groups in total. The molecule has 9 heteroatoms. The Labute approximate surface area is 183 Å². The van der Waals surface area contributed by atoms with Crippen molar-refractivity contribution in [2.45, 2.75) is 18.9 Å². The van der Waals surface area contributed by atoms with Crippen LogP contribution >= 0.6 is 0 Å². The van der Waals surface area contributed by atoms with E-state index >= 15 is 0 Å². The van der Waals surface area contributed by atoms with Crippen LogP contribution in [0.25, 0.3) is 11.3 Å². The smallest absolute Gasteiger partial charge is 0.265 e. The number of carbonyl (C=O) groups excluding carboxylic acids is 2. The van der Waals surface area contributed by atoms with E-state index in [2.05, 4.69) is 4.98 Å². The summed E-state index contributed by atoms with van der Waals surface area (Å²) in [4.78, 5) is 32.5. The molecule has 166 valence electrons. The predicted molar refractivity (Wildman–Crippen MR) is 112 cm³/mol. The quantitative estimate of drug-likeness (QED) is 0.606. The van der Waals surface area contributed by atoms with Crippen molar-refractivity contribution in [3.63, 3.8) is 0 Å². The maximum atomic E-state index is 14.0. The first kappa shape index (κ1) is 21.5. The number of rotatable bonds is 5. The van der Waals surface area contributed by atoms with Gasteiger partial charge in [-0.3, -0.25) is 9.59 Å². The molecule has 0 spiro atoms. The number of likely N-dealkylation sites (N-methyl/N-ethyl adjacent to an activating group) is 1. The zero-order valence-electron chi connectivity index (χ0n) is 17.5. The Kier molecular flexibility index (Phi) is 5.89. The van der Waals surface area contributed by atoms with Crippen LogP contribution in [0.5, 0.6) is 5.75 Å². The van der Waals surface area contributed by atoms with E-state index in [9.17, 15) is 18.4 Å². The zero-order chi connectivity index (χ0) is 22.8. The second-order valence-corrected chi connectivity index (χ2v) is 7.55. The monoisotopic (exact) mass is 441 g/mol. The van der Waals surface area contributed by atoms with Crippen molar-refractivity contribution < 1.29 is 27.5 Å². The van der Waals surface area contributed by atoms with E-state index in [1.807, 2.05) is 0 Å². The van der Waals surface area contributed by atoms with Gasteiger partial charge in [-0.1, -0.05) is 12.1 Å². The third kappa shape index (κ3) is 4.32. The Hall–Kier alpha value is -3.75. The Morgan fingerprint density at radius 3 is 2.72 bits per heavy atom. The van der Waals surface area contributed by atoms with Crippen molar-refractivity contribution in [1.29, 1.82) is 0 Å². The minimum absolute atomic E-state index is 0.0586. The van der Waals surface area contributed by atoms with E-state index in [1.165, 1.54) is 22.1 Å². The number of nitrogens with zero attached hydrogens (tertiary/aromatic N) is 3. The second-order valence-electron chi connectivity index (χ2n) is 7.55. The molecule has 3 aromatic rings. The summed E-state index contributed by atoms with van der Waals surface area (Å²) in [6.07, 6.45) is 0.765. The average Bonchev–Trinajstić information content (AvgIpc) is 3.24. The highest BCUT2D eigenvalue weighted by atomic mass is 19.1. The van der Waals surface area contributed by atoms with Crippen molar-refractivity contribution in [3.8, 4) is 17.1 Å². The van der Waals surface area contributed by atoms with Crippen LogP contribution in [0.1, 0.15) is 12.3 Å². The molecule has 0 saturated heterocycles. The molecule has 1 aliphatic rings. The molecule has 0 aliphatic carbocycles. The molecule has 1 aromatic heterocycles. The van der Waals surface area contributed by atoms with Gasteiger partial charge in [0.2, 0.25) is 5.91 Å². The molecule has 32 heavy (non-hydrogen) atoms. The first-order valence-corrected chi connectivity index (χ1v) is 10.0. The highest BCUT2D eigenvalue weighted by Crippen LogP contribution is 2.34. The summed E-state index contributed by atoms with van der Waals surface area (Å²) in [5, 5.41) is 0. The number of amides is 2. The summed E-state index contributed by atoms with van der Waals surface area (Å²) in [7, 11) is 3.25. The standard InChI is InChI=1S/C23H21F2N3O4/c1-27(2)23(30)20-13-28(17-5-3-4-6-18(17)31-20)22(29)10-9-21-26-12-19(32-21)15-8-7-14(24)11-16(15)25/h3-8,11-12,20H,9-10,13H2,1-2H3/t20-/m1/s1. The molecule has 0 radical (unpaired) electrons. The first-order valence-electron chi connectivity index (χ1n) is 10.0. The molecule has 0 saturated carbocycles. The lowest BCUT2D eigenvalue weighted by molar-refractivity contribution is -0.136. The SMILES string of the molecule is CN(C)C(=O)[C@H]1CN(C(=O)CCc2ncc(-c3ccc(F)cc3F)o2)c2ccccc2O1. The molecule has 7 nitrogen and oxygen atoms in total. The second kappa shape index (κ2) is 8.78. The number of ether oxygens (including phenoxy) is 1. The van der Waals surface area contributed by atoms with Crippen LogP contribution in [0.2, 0.25) is 0 Å². The van der Waals surface area contributed by atoms with Crippen LogP contribution < -0.4 is 9.64 Å². The Balaban J connectivity index is 1.48. The minimum atomic E-state index is -0.807. The molecule has 0 unspecified atom stereocenters. The summed E-state index contributed by atoms with van der Waals surface area (Å²) < 4.78 is 38.4. The van der Waals surface area contributed by atoms with Crippen LogP contribution in [-0.2, 0) is 16.0 Å². The van der Waals surface area contributed by atoms with Gasteiger partial charge in [0.15, 0.2) is 17.8 Å². The number of para-hydroxylation sites is 2. The van der Waals surface area contributed by atoms with Gasteiger partial charge in [0.1, 0.15) is 17.4 Å². The Morgan fingerprint density at radius 2 is 1.97 bits per heavy atom. The summed E-state index contributed by atoms with van der Waals surface area (Å²) in [5.74, 6) is -1.06. The fraction of sp³-hybridized carbons (Fsp3) is 0.261. The number of aryl methyl sites for hydroxylation is 1. The summed E-state index contributed by atoms with van der Waals surface area (Å²) in [6.45, 7) is 0.0878. The average molecular weight is 441 g/mol. The Morgan fingerprint density at radius 1 is 1.19 bits per heavy atom. The molecular weight excluding hydrogens is 420 g/mol. The van der Waals surface area contributed by atoms with Crippen LogP contribution in [0.15, 0.2) is 53.1 Å². The van der Waals surface area contributed by atoms with Gasteiger partial charge in [-0.25, -0.2) is 13.8 Å². The van der Waals surface area contributed by atoms with E-state index in [4.69, 9.17) is 9.15 Å². The van der Waals surface area contributed by atoms with E-state index < -0.39 is 17.7 Å². The first-order chi connectivity index (χ1) is 15.3. The van der Waals surface area contributed by atoms with Crippen LogP contribution in [0, 0.1) is 11.6 Å². The van der Waals surface area contributed by atoms with Crippen LogP contribution in [0.3, 0.4) is 0 Å². The van der Waals surface area contributed by atoms with Crippen molar-refractivity contribution in [2.24, 2.45) is 0 Å². The molecule has 1 atom stereocenters. The minimum Gasteiger partial charge on any atom is -0.476 e. The third-order valence-electron chi connectivity index (χ3n) is 5.09. The van der Waals surface area contributed by atoms with Crippen molar-refractivity contribution >= 4 is 17.5 Å². The number of aromatic nitrogens is 1. The highest BCUT2D eigenvalue weighted by molar-refractivity contribution is 5.97. The van der Waals surface area contributed by atoms with E-state index in [0.29, 0.717) is 11.4 Å². The molecule has 4 rings (SSSR count). The van der Waals surface area contributed by atoms with E-state index in [0.717, 1.165) is 12.1 Å². The maximum Gasteiger partial charge on any atom is 0.265 e. The molecule has 2 amide bonds. The molecule has 2 aromatic carbocycles. The van der Waals surface area contributed by atoms with Crippen LogP contribution in [0.4, 0.5) is 14.5 Å². The highest BCUT2D eigenvalue weighted by Gasteiger charge is 2.34. The number of hydrogen-bond acceptors (Lipinski definition) is 5. The number of anilines is 1. The zero-order valence-corrected chi connectivity index (χ0v) is 17.5. The number of fused-ring (bicyclic) bond motifs is 1. The topological polar surface area (TPSA) is 75.9 Å². The van der Waals surface area contributed by atoms with Gasteiger partial charge in [-0.2, -0.15) is 0 Å². The summed E-state index contributed by atoms with van der Waals surface area (Å²) in [6, 6.07) is 10.2. The lowest BCUT2D eigenvalue weighted by atomic mass is 10.1. The number of oxazole rings is 1. The third-order valence-corrected chi connectivity index (χ3v) is 5.09. The normalized spacial score (nSPS) is 15.1. The van der Waals surface area contributed by atoms with Gasteiger partial charge >= 0.3 is 0 Å². The molecule has 0 bridgehead atoms. The van der Waals surface area contributed by atoms with Gasteiger partial charge in [0.25, 0.3) is 5.91 Å². The number of benzene rings is 2. The number of halogens is 2. The van der Waals surface area contributed by atoms with Crippen molar-refractivity contribution in [1.82, 2.24) is 9.88 Å². The van der Waals surface area contributed by atoms with Gasteiger partial charge in [-0.15, -0.1) is 0 Å². The largest absolute Gasteiger partial charge is 0.476 e. The predicted octanol–water partition coefficient (Wildman–Crippen LogP) is 3.43. The van der Waals surface area contributed by atoms with Gasteiger partial charge in [0.05, 0.1) is 24.0 Å². The number of carbonyl (C=O) groups is 2. The summed E-state index contributed by atoms with van der Waals surface area (Å²) >= 11 is 0. The fourth-order valence-corrected chi connectivity index (χ4v) is 3.48. The molecule has 2 heterocycles. The van der Waals surface area contributed by atoms with Gasteiger partial charge < -0.3 is 19.0 Å². The summed E-state index contributed by atoms with van der Waals surface area (Å²) in [5.41, 5.74) is 0.672. The van der Waals surface area contributed by atoms with E-state index in [1.54, 1.807) is 38.4 Å². The molecule has 0 fully saturated rings. The van der Waals surface area contributed by atoms with Gasteiger partial charge in [-0.05, 0) is 24.3 Å². The lowest BCUT2D eigenvalue weighted by Gasteiger charge is -2.35. The van der Waals surface area contributed by atoms with Crippen molar-refractivity contribution in [2.75, 3.05) is 25.5 Å². The Bertz CT molecular complexity index is 1160. The van der Waals surface area contributed by atoms with E-state index in [-0.39, 0.29) is 48.4 Å².